The fourth-order valence-electron chi connectivity index (χ4n) is 4.04. The highest BCUT2D eigenvalue weighted by Crippen LogP contribution is 2.32. The monoisotopic (exact) mass is 487 g/mol. The molecule has 10 heteroatoms. The average Bonchev–Trinajstić information content (AvgIpc) is 2.82. The van der Waals surface area contributed by atoms with Crippen molar-refractivity contribution in [2.24, 2.45) is 5.92 Å². The fourth-order valence-corrected chi connectivity index (χ4v) is 5.59. The number of sulfonamides is 1. The Labute approximate surface area is 199 Å². The Morgan fingerprint density at radius 1 is 1.24 bits per heavy atom. The molecule has 2 heterocycles. The molecule has 1 saturated heterocycles. The van der Waals surface area contributed by atoms with E-state index < -0.39 is 15.9 Å². The van der Waals surface area contributed by atoms with Crippen molar-refractivity contribution in [1.29, 1.82) is 0 Å². The zero-order chi connectivity index (χ0) is 24.3. The Kier molecular flexibility index (Phi) is 7.08. The summed E-state index contributed by atoms with van der Waals surface area (Å²) < 4.78 is 38.7. The number of fused-ring (bicyclic) bond motifs is 1. The van der Waals surface area contributed by atoms with Gasteiger partial charge in [0.1, 0.15) is 11.5 Å². The van der Waals surface area contributed by atoms with Gasteiger partial charge in [-0.3, -0.25) is 9.59 Å². The van der Waals surface area contributed by atoms with Crippen LogP contribution in [0.5, 0.6) is 11.5 Å². The predicted octanol–water partition coefficient (Wildman–Crippen LogP) is 2.52. The first-order valence-electron chi connectivity index (χ1n) is 11.3. The average molecular weight is 488 g/mol. The molecule has 0 bridgehead atoms. The number of benzene rings is 2. The summed E-state index contributed by atoms with van der Waals surface area (Å²) in [5, 5.41) is 5.55. The van der Waals surface area contributed by atoms with E-state index in [-0.39, 0.29) is 36.0 Å². The number of nitrogens with one attached hydrogen (secondary N) is 2. The first-order chi connectivity index (χ1) is 16.2. The van der Waals surface area contributed by atoms with Gasteiger partial charge in [-0.15, -0.1) is 0 Å². The van der Waals surface area contributed by atoms with E-state index in [1.54, 1.807) is 0 Å². The number of hydrogen-bond donors (Lipinski definition) is 2. The molecule has 0 radical (unpaired) electrons. The van der Waals surface area contributed by atoms with Crippen LogP contribution >= 0.6 is 0 Å². The SMILES string of the molecule is CC(C)Oc1ccc(CNC(=O)[C@H]2CCCN(S(=O)(=O)c3ccc4c(c3)NC(=O)CO4)C2)cc1. The second-order valence-corrected chi connectivity index (χ2v) is 10.7. The van der Waals surface area contributed by atoms with Gasteiger partial charge in [0.15, 0.2) is 6.61 Å². The molecule has 0 unspecified atom stereocenters. The number of amides is 2. The summed E-state index contributed by atoms with van der Waals surface area (Å²) in [6, 6.07) is 11.9. The van der Waals surface area contributed by atoms with E-state index in [1.165, 1.54) is 22.5 Å². The van der Waals surface area contributed by atoms with Gasteiger partial charge in [0, 0.05) is 19.6 Å². The molecular weight excluding hydrogens is 458 g/mol. The van der Waals surface area contributed by atoms with Crippen LogP contribution in [0.15, 0.2) is 47.4 Å². The molecule has 2 amide bonds. The third-order valence-corrected chi connectivity index (χ3v) is 7.60. The van der Waals surface area contributed by atoms with Gasteiger partial charge in [0.25, 0.3) is 5.91 Å². The van der Waals surface area contributed by atoms with Gasteiger partial charge >= 0.3 is 0 Å². The van der Waals surface area contributed by atoms with Crippen LogP contribution in [-0.4, -0.2) is 50.3 Å². The van der Waals surface area contributed by atoms with E-state index in [0.29, 0.717) is 37.4 Å². The van der Waals surface area contributed by atoms with Crippen molar-refractivity contribution in [3.63, 3.8) is 0 Å². The second-order valence-electron chi connectivity index (χ2n) is 8.73. The van der Waals surface area contributed by atoms with E-state index >= 15 is 0 Å². The van der Waals surface area contributed by atoms with E-state index in [0.717, 1.165) is 11.3 Å². The Morgan fingerprint density at radius 3 is 2.74 bits per heavy atom. The molecule has 1 atom stereocenters. The van der Waals surface area contributed by atoms with E-state index in [2.05, 4.69) is 10.6 Å². The van der Waals surface area contributed by atoms with Crippen LogP contribution in [0.3, 0.4) is 0 Å². The van der Waals surface area contributed by atoms with Gasteiger partial charge in [-0.25, -0.2) is 8.42 Å². The maximum atomic E-state index is 13.2. The lowest BCUT2D eigenvalue weighted by atomic mass is 9.99. The lowest BCUT2D eigenvalue weighted by molar-refractivity contribution is -0.126. The Balaban J connectivity index is 1.38. The fraction of sp³-hybridized carbons (Fsp3) is 0.417. The van der Waals surface area contributed by atoms with Crippen LogP contribution in [0, 0.1) is 5.92 Å². The molecule has 0 aromatic heterocycles. The van der Waals surface area contributed by atoms with Gasteiger partial charge in [-0.2, -0.15) is 4.31 Å². The summed E-state index contributed by atoms with van der Waals surface area (Å²) >= 11 is 0. The molecule has 9 nitrogen and oxygen atoms in total. The molecular formula is C24H29N3O6S. The van der Waals surface area contributed by atoms with E-state index in [1.807, 2.05) is 38.1 Å². The maximum absolute atomic E-state index is 13.2. The summed E-state index contributed by atoms with van der Waals surface area (Å²) in [6.07, 6.45) is 1.29. The molecule has 2 aromatic carbocycles. The third-order valence-electron chi connectivity index (χ3n) is 5.74. The standard InChI is InChI=1S/C24H29N3O6S/c1-16(2)33-19-7-5-17(6-8-19)13-25-24(29)18-4-3-11-27(14-18)34(30,31)20-9-10-22-21(12-20)26-23(28)15-32-22/h5-10,12,16,18H,3-4,11,13-15H2,1-2H3,(H,25,29)(H,26,28)/t18-/m0/s1. The number of anilines is 1. The molecule has 34 heavy (non-hydrogen) atoms. The first-order valence-corrected chi connectivity index (χ1v) is 12.8. The van der Waals surface area contributed by atoms with Crippen molar-refractivity contribution in [2.75, 3.05) is 25.0 Å². The van der Waals surface area contributed by atoms with Crippen molar-refractivity contribution < 1.29 is 27.5 Å². The molecule has 0 spiro atoms. The van der Waals surface area contributed by atoms with Crippen LogP contribution in [0.25, 0.3) is 0 Å². The number of piperidine rings is 1. The molecule has 0 saturated carbocycles. The minimum atomic E-state index is -3.83. The zero-order valence-corrected chi connectivity index (χ0v) is 20.1. The van der Waals surface area contributed by atoms with Crippen molar-refractivity contribution in [1.82, 2.24) is 9.62 Å². The molecule has 2 aliphatic heterocycles. The van der Waals surface area contributed by atoms with Crippen molar-refractivity contribution in [3.05, 3.63) is 48.0 Å². The summed E-state index contributed by atoms with van der Waals surface area (Å²) in [6.45, 7) is 4.62. The van der Waals surface area contributed by atoms with Gasteiger partial charge in [-0.1, -0.05) is 12.1 Å². The van der Waals surface area contributed by atoms with E-state index in [9.17, 15) is 18.0 Å². The van der Waals surface area contributed by atoms with Gasteiger partial charge in [0.05, 0.1) is 22.6 Å². The molecule has 2 aliphatic rings. The second kappa shape index (κ2) is 10.0. The normalized spacial score (nSPS) is 18.6. The number of carbonyl (C=O) groups is 2. The highest BCUT2D eigenvalue weighted by Gasteiger charge is 2.34. The number of rotatable bonds is 7. The largest absolute Gasteiger partial charge is 0.491 e. The molecule has 2 N–H and O–H groups in total. The molecule has 182 valence electrons. The summed E-state index contributed by atoms with van der Waals surface area (Å²) in [7, 11) is -3.83. The third kappa shape index (κ3) is 5.51. The zero-order valence-electron chi connectivity index (χ0n) is 19.2. The molecule has 1 fully saturated rings. The number of ether oxygens (including phenoxy) is 2. The molecule has 2 aromatic rings. The Morgan fingerprint density at radius 2 is 2.00 bits per heavy atom. The molecule has 0 aliphatic carbocycles. The highest BCUT2D eigenvalue weighted by atomic mass is 32.2. The van der Waals surface area contributed by atoms with Gasteiger partial charge < -0.3 is 20.1 Å². The maximum Gasteiger partial charge on any atom is 0.262 e. The van der Waals surface area contributed by atoms with Gasteiger partial charge in [-0.05, 0) is 62.6 Å². The lowest BCUT2D eigenvalue weighted by Gasteiger charge is -2.31. The quantitative estimate of drug-likeness (QED) is 0.620. The smallest absolute Gasteiger partial charge is 0.262 e. The van der Waals surface area contributed by atoms with Crippen LogP contribution in [-0.2, 0) is 26.2 Å². The summed E-state index contributed by atoms with van der Waals surface area (Å²) in [5.74, 6) is 0.254. The predicted molar refractivity (Wildman–Crippen MR) is 126 cm³/mol. The van der Waals surface area contributed by atoms with E-state index in [4.69, 9.17) is 9.47 Å². The Hall–Kier alpha value is -3.11. The number of carbonyl (C=O) groups excluding carboxylic acids is 2. The van der Waals surface area contributed by atoms with Crippen molar-refractivity contribution >= 4 is 27.5 Å². The van der Waals surface area contributed by atoms with Crippen molar-refractivity contribution in [3.8, 4) is 11.5 Å². The van der Waals surface area contributed by atoms with Crippen LogP contribution in [0.4, 0.5) is 5.69 Å². The minimum absolute atomic E-state index is 0.0572. The van der Waals surface area contributed by atoms with Crippen molar-refractivity contribution in [2.45, 2.75) is 44.2 Å². The van der Waals surface area contributed by atoms with Crippen LogP contribution in [0.2, 0.25) is 0 Å². The van der Waals surface area contributed by atoms with Crippen LogP contribution < -0.4 is 20.1 Å². The lowest BCUT2D eigenvalue weighted by Crippen LogP contribution is -2.45. The number of hydrogen-bond acceptors (Lipinski definition) is 6. The van der Waals surface area contributed by atoms with Gasteiger partial charge in [0.2, 0.25) is 15.9 Å². The highest BCUT2D eigenvalue weighted by molar-refractivity contribution is 7.89. The summed E-state index contributed by atoms with van der Waals surface area (Å²) in [5.41, 5.74) is 1.26. The minimum Gasteiger partial charge on any atom is -0.491 e. The van der Waals surface area contributed by atoms with Crippen LogP contribution in [0.1, 0.15) is 32.3 Å². The molecule has 4 rings (SSSR count). The summed E-state index contributed by atoms with van der Waals surface area (Å²) in [4.78, 5) is 24.4. The Bertz CT molecular complexity index is 1160. The first kappa shape index (κ1) is 24.0. The topological polar surface area (TPSA) is 114 Å². The number of nitrogens with zero attached hydrogens (tertiary/aromatic N) is 1.